The molecule has 2 aromatic carbocycles. The van der Waals surface area contributed by atoms with Gasteiger partial charge in [0.05, 0.1) is 0 Å². The summed E-state index contributed by atoms with van der Waals surface area (Å²) in [5, 5.41) is 0. The van der Waals surface area contributed by atoms with Crippen molar-refractivity contribution in [3.05, 3.63) is 60.2 Å². The lowest BCUT2D eigenvalue weighted by Gasteiger charge is -2.09. The first kappa shape index (κ1) is 11.4. The highest BCUT2D eigenvalue weighted by Gasteiger charge is 2.03. The lowest BCUT2D eigenvalue weighted by atomic mass is 10.3. The van der Waals surface area contributed by atoms with Crippen LogP contribution in [-0.2, 0) is 0 Å². The minimum atomic E-state index is -0.482. The standard InChI is InChI=1S/C13H10F2O2/c14-10-5-1-3-7-12(10)16-9-17-13-8-4-2-6-11(13)15/h1-8H,9H2. The van der Waals surface area contributed by atoms with Gasteiger partial charge in [-0.2, -0.15) is 0 Å². The van der Waals surface area contributed by atoms with Crippen LogP contribution in [0.2, 0.25) is 0 Å². The van der Waals surface area contributed by atoms with Gasteiger partial charge in [-0.05, 0) is 24.3 Å². The second-order valence-corrected chi connectivity index (χ2v) is 3.27. The minimum Gasteiger partial charge on any atom is -0.454 e. The molecule has 17 heavy (non-hydrogen) atoms. The maximum absolute atomic E-state index is 13.1. The molecule has 0 aliphatic rings. The fourth-order valence-electron chi connectivity index (χ4n) is 1.28. The van der Waals surface area contributed by atoms with Gasteiger partial charge >= 0.3 is 0 Å². The number of rotatable bonds is 4. The average molecular weight is 236 g/mol. The molecule has 0 unspecified atom stereocenters. The van der Waals surface area contributed by atoms with E-state index in [-0.39, 0.29) is 18.3 Å². The van der Waals surface area contributed by atoms with Gasteiger partial charge in [0.2, 0.25) is 6.79 Å². The molecule has 0 aliphatic carbocycles. The Balaban J connectivity index is 1.93. The summed E-state index contributed by atoms with van der Waals surface area (Å²) < 4.78 is 36.3. The molecule has 0 N–H and O–H groups in total. The van der Waals surface area contributed by atoms with E-state index in [0.717, 1.165) is 0 Å². The van der Waals surface area contributed by atoms with E-state index in [2.05, 4.69) is 0 Å². The van der Waals surface area contributed by atoms with E-state index >= 15 is 0 Å². The van der Waals surface area contributed by atoms with E-state index in [1.165, 1.54) is 24.3 Å². The van der Waals surface area contributed by atoms with E-state index in [1.807, 2.05) is 0 Å². The Hall–Kier alpha value is -2.10. The summed E-state index contributed by atoms with van der Waals surface area (Å²) in [7, 11) is 0. The van der Waals surface area contributed by atoms with Crippen molar-refractivity contribution in [2.75, 3.05) is 6.79 Å². The number of hydrogen-bond acceptors (Lipinski definition) is 2. The van der Waals surface area contributed by atoms with Crippen molar-refractivity contribution in [3.8, 4) is 11.5 Å². The summed E-state index contributed by atoms with van der Waals surface area (Å²) in [6, 6.07) is 11.9. The Kier molecular flexibility index (Phi) is 3.55. The van der Waals surface area contributed by atoms with Crippen molar-refractivity contribution >= 4 is 0 Å². The third-order valence-electron chi connectivity index (χ3n) is 2.10. The van der Waals surface area contributed by atoms with Crippen molar-refractivity contribution in [3.63, 3.8) is 0 Å². The summed E-state index contributed by atoms with van der Waals surface area (Å²) in [5.74, 6) is -0.818. The molecule has 4 heteroatoms. The zero-order valence-electron chi connectivity index (χ0n) is 8.90. The molecule has 0 bridgehead atoms. The molecule has 0 aromatic heterocycles. The highest BCUT2D eigenvalue weighted by molar-refractivity contribution is 5.25. The normalized spacial score (nSPS) is 10.0. The first-order chi connectivity index (χ1) is 8.27. The van der Waals surface area contributed by atoms with Crippen molar-refractivity contribution in [2.24, 2.45) is 0 Å². The van der Waals surface area contributed by atoms with Crippen LogP contribution in [0.1, 0.15) is 0 Å². The Morgan fingerprint density at radius 3 is 1.53 bits per heavy atom. The minimum absolute atomic E-state index is 0.0730. The van der Waals surface area contributed by atoms with Crippen molar-refractivity contribution in [1.29, 1.82) is 0 Å². The van der Waals surface area contributed by atoms with E-state index in [1.54, 1.807) is 24.3 Å². The molecule has 0 saturated carbocycles. The van der Waals surface area contributed by atoms with Crippen molar-refractivity contribution in [1.82, 2.24) is 0 Å². The number of hydrogen-bond donors (Lipinski definition) is 0. The van der Waals surface area contributed by atoms with Gasteiger partial charge in [0.15, 0.2) is 23.1 Å². The monoisotopic (exact) mass is 236 g/mol. The third kappa shape index (κ3) is 2.93. The van der Waals surface area contributed by atoms with E-state index < -0.39 is 11.6 Å². The average Bonchev–Trinajstić information content (AvgIpc) is 2.34. The highest BCUT2D eigenvalue weighted by Crippen LogP contribution is 2.18. The second kappa shape index (κ2) is 5.30. The molecular formula is C13H10F2O2. The Labute approximate surface area is 97.4 Å². The SMILES string of the molecule is Fc1ccccc1OCOc1ccccc1F. The molecule has 0 saturated heterocycles. The lowest BCUT2D eigenvalue weighted by molar-refractivity contribution is 0.111. The maximum Gasteiger partial charge on any atom is 0.231 e. The first-order valence-corrected chi connectivity index (χ1v) is 5.02. The van der Waals surface area contributed by atoms with E-state index in [9.17, 15) is 8.78 Å². The molecule has 2 aromatic rings. The lowest BCUT2D eigenvalue weighted by Crippen LogP contribution is -2.07. The molecule has 0 aliphatic heterocycles. The number of ether oxygens (including phenoxy) is 2. The summed E-state index contributed by atoms with van der Waals surface area (Å²) in [4.78, 5) is 0. The van der Waals surface area contributed by atoms with Gasteiger partial charge in [-0.15, -0.1) is 0 Å². The summed E-state index contributed by atoms with van der Waals surface area (Å²) in [6.07, 6.45) is 0. The quantitative estimate of drug-likeness (QED) is 0.757. The van der Waals surface area contributed by atoms with Gasteiger partial charge in [0.1, 0.15) is 0 Å². The van der Waals surface area contributed by atoms with Gasteiger partial charge in [0.25, 0.3) is 0 Å². The summed E-state index contributed by atoms with van der Waals surface area (Å²) in [5.41, 5.74) is 0. The molecule has 88 valence electrons. The van der Waals surface area contributed by atoms with Gasteiger partial charge in [-0.3, -0.25) is 0 Å². The predicted octanol–water partition coefficient (Wildman–Crippen LogP) is 3.38. The molecule has 0 spiro atoms. The fourth-order valence-corrected chi connectivity index (χ4v) is 1.28. The molecule has 0 atom stereocenters. The van der Waals surface area contributed by atoms with Gasteiger partial charge in [-0.25, -0.2) is 8.78 Å². The molecule has 0 heterocycles. The number of benzene rings is 2. The molecule has 0 fully saturated rings. The molecular weight excluding hydrogens is 226 g/mol. The van der Waals surface area contributed by atoms with Crippen LogP contribution < -0.4 is 9.47 Å². The van der Waals surface area contributed by atoms with Crippen LogP contribution in [0.15, 0.2) is 48.5 Å². The first-order valence-electron chi connectivity index (χ1n) is 5.02. The molecule has 2 nitrogen and oxygen atoms in total. The van der Waals surface area contributed by atoms with Crippen molar-refractivity contribution < 1.29 is 18.3 Å². The number of halogens is 2. The topological polar surface area (TPSA) is 18.5 Å². The largest absolute Gasteiger partial charge is 0.454 e. The molecule has 0 radical (unpaired) electrons. The zero-order chi connectivity index (χ0) is 12.1. The Bertz CT molecular complexity index is 455. The predicted molar refractivity (Wildman–Crippen MR) is 58.9 cm³/mol. The number of para-hydroxylation sites is 2. The maximum atomic E-state index is 13.1. The Morgan fingerprint density at radius 1 is 0.706 bits per heavy atom. The second-order valence-electron chi connectivity index (χ2n) is 3.27. The van der Waals surface area contributed by atoms with Gasteiger partial charge in [-0.1, -0.05) is 24.3 Å². The van der Waals surface area contributed by atoms with Crippen LogP contribution in [0.5, 0.6) is 11.5 Å². The smallest absolute Gasteiger partial charge is 0.231 e. The molecule has 0 amide bonds. The highest BCUT2D eigenvalue weighted by atomic mass is 19.1. The van der Waals surface area contributed by atoms with E-state index in [0.29, 0.717) is 0 Å². The van der Waals surface area contributed by atoms with Crippen LogP contribution >= 0.6 is 0 Å². The van der Waals surface area contributed by atoms with Crippen LogP contribution in [-0.4, -0.2) is 6.79 Å². The van der Waals surface area contributed by atoms with Crippen LogP contribution in [0.3, 0.4) is 0 Å². The van der Waals surface area contributed by atoms with Crippen LogP contribution in [0.25, 0.3) is 0 Å². The van der Waals surface area contributed by atoms with Crippen molar-refractivity contribution in [2.45, 2.75) is 0 Å². The van der Waals surface area contributed by atoms with Gasteiger partial charge < -0.3 is 9.47 Å². The zero-order valence-corrected chi connectivity index (χ0v) is 8.90. The van der Waals surface area contributed by atoms with E-state index in [4.69, 9.17) is 9.47 Å². The van der Waals surface area contributed by atoms with Gasteiger partial charge in [0, 0.05) is 0 Å². The summed E-state index contributed by atoms with van der Waals surface area (Å²) >= 11 is 0. The van der Waals surface area contributed by atoms with Crippen LogP contribution in [0.4, 0.5) is 8.78 Å². The summed E-state index contributed by atoms with van der Waals surface area (Å²) in [6.45, 7) is -0.248. The van der Waals surface area contributed by atoms with Crippen LogP contribution in [0, 0.1) is 11.6 Å². The fraction of sp³-hybridized carbons (Fsp3) is 0.0769. The Morgan fingerprint density at radius 2 is 1.12 bits per heavy atom. The third-order valence-corrected chi connectivity index (χ3v) is 2.10. The molecule has 2 rings (SSSR count).